The Kier molecular flexibility index (Phi) is 5.43. The molecule has 0 unspecified atom stereocenters. The zero-order valence-electron chi connectivity index (χ0n) is 17.4. The molecule has 0 aliphatic rings. The lowest BCUT2D eigenvalue weighted by molar-refractivity contribution is 0.926. The molecule has 0 fully saturated rings. The number of para-hydroxylation sites is 2. The van der Waals surface area contributed by atoms with Crippen molar-refractivity contribution in [2.75, 3.05) is 5.32 Å². The van der Waals surface area contributed by atoms with E-state index in [1.807, 2.05) is 77.4 Å². The number of fused-ring (bicyclic) bond motifs is 1. The molecule has 5 nitrogen and oxygen atoms in total. The van der Waals surface area contributed by atoms with Crippen LogP contribution in [0.1, 0.15) is 11.1 Å². The van der Waals surface area contributed by atoms with Gasteiger partial charge in [-0.25, -0.2) is 4.57 Å². The molecule has 1 N–H and O–H groups in total. The van der Waals surface area contributed by atoms with Gasteiger partial charge in [-0.05, 0) is 54.5 Å². The number of rotatable bonds is 5. The molecule has 0 radical (unpaired) electrons. The average molecular weight is 457 g/mol. The second-order valence-electron chi connectivity index (χ2n) is 7.38. The second-order valence-corrected chi connectivity index (χ2v) is 9.03. The van der Waals surface area contributed by atoms with E-state index in [4.69, 9.17) is 17.2 Å². The molecule has 158 valence electrons. The van der Waals surface area contributed by atoms with Gasteiger partial charge in [0.25, 0.3) is 5.56 Å². The zero-order valence-corrected chi connectivity index (χ0v) is 19.0. The summed E-state index contributed by atoms with van der Waals surface area (Å²) in [4.78, 5) is 18.6. The summed E-state index contributed by atoms with van der Waals surface area (Å²) in [5.41, 5.74) is 4.39. The van der Waals surface area contributed by atoms with Gasteiger partial charge in [0.05, 0.1) is 5.69 Å². The van der Waals surface area contributed by atoms with Crippen LogP contribution in [0.2, 0.25) is 0 Å². The van der Waals surface area contributed by atoms with Gasteiger partial charge in [-0.15, -0.1) is 0 Å². The first kappa shape index (κ1) is 20.4. The molecule has 3 aromatic carbocycles. The first-order chi connectivity index (χ1) is 15.6. The number of thiazole rings is 1. The monoisotopic (exact) mass is 456 g/mol. The molecule has 0 saturated carbocycles. The van der Waals surface area contributed by atoms with E-state index in [1.165, 1.54) is 16.9 Å². The van der Waals surface area contributed by atoms with Crippen LogP contribution in [0.5, 0.6) is 0 Å². The van der Waals surface area contributed by atoms with Gasteiger partial charge in [0, 0.05) is 12.2 Å². The van der Waals surface area contributed by atoms with Crippen molar-refractivity contribution in [3.05, 3.63) is 110 Å². The summed E-state index contributed by atoms with van der Waals surface area (Å²) < 4.78 is 4.61. The number of hydrogen-bond acceptors (Lipinski definition) is 5. The Bertz CT molecular complexity index is 1520. The minimum Gasteiger partial charge on any atom is -0.351 e. The van der Waals surface area contributed by atoms with Crippen LogP contribution in [0, 0.1) is 10.9 Å². The van der Waals surface area contributed by atoms with E-state index >= 15 is 0 Å². The Balaban J connectivity index is 1.73. The number of hydrogen-bond donors (Lipinski definition) is 1. The highest BCUT2D eigenvalue weighted by Gasteiger charge is 2.18. The van der Waals surface area contributed by atoms with Crippen molar-refractivity contribution >= 4 is 39.9 Å². The van der Waals surface area contributed by atoms with Gasteiger partial charge in [-0.3, -0.25) is 9.36 Å². The van der Waals surface area contributed by atoms with Crippen molar-refractivity contribution < 1.29 is 0 Å². The maximum atomic E-state index is 13.7. The summed E-state index contributed by atoms with van der Waals surface area (Å²) >= 11 is 6.92. The van der Waals surface area contributed by atoms with E-state index < -0.39 is 0 Å². The molecule has 7 heteroatoms. The molecule has 2 aromatic heterocycles. The van der Waals surface area contributed by atoms with Gasteiger partial charge < -0.3 is 5.32 Å². The van der Waals surface area contributed by atoms with Gasteiger partial charge >= 0.3 is 0 Å². The molecule has 5 aromatic rings. The van der Waals surface area contributed by atoms with Gasteiger partial charge in [0.15, 0.2) is 9.60 Å². The van der Waals surface area contributed by atoms with Crippen molar-refractivity contribution in [1.29, 1.82) is 0 Å². The van der Waals surface area contributed by atoms with E-state index in [9.17, 15) is 4.79 Å². The molecule has 32 heavy (non-hydrogen) atoms. The summed E-state index contributed by atoms with van der Waals surface area (Å²) in [5, 5.41) is 3.40. The Labute approximate surface area is 194 Å². The molecule has 2 heterocycles. The third-order valence-electron chi connectivity index (χ3n) is 5.33. The summed E-state index contributed by atoms with van der Waals surface area (Å²) in [6, 6.07) is 27.5. The van der Waals surface area contributed by atoms with Crippen LogP contribution >= 0.6 is 23.6 Å². The molecular formula is C25H20N4OS2. The Hall–Kier alpha value is -3.55. The molecule has 0 aliphatic carbocycles. The number of benzene rings is 3. The number of anilines is 1. The normalized spacial score (nSPS) is 11.0. The smallest absolute Gasteiger partial charge is 0.279 e. The van der Waals surface area contributed by atoms with E-state index in [0.29, 0.717) is 26.8 Å². The van der Waals surface area contributed by atoms with Crippen molar-refractivity contribution in [3.63, 3.8) is 0 Å². The fraction of sp³-hybridized carbons (Fsp3) is 0.0800. The quantitative estimate of drug-likeness (QED) is 0.335. The van der Waals surface area contributed by atoms with Gasteiger partial charge in [-0.2, -0.15) is 4.98 Å². The van der Waals surface area contributed by atoms with Crippen LogP contribution in [0.3, 0.4) is 0 Å². The van der Waals surface area contributed by atoms with Crippen LogP contribution < -0.4 is 10.9 Å². The van der Waals surface area contributed by atoms with Crippen LogP contribution in [0.15, 0.2) is 89.7 Å². The maximum absolute atomic E-state index is 13.7. The average Bonchev–Trinajstić information content (AvgIpc) is 3.16. The van der Waals surface area contributed by atoms with Crippen molar-refractivity contribution in [3.8, 4) is 11.4 Å². The molecular weight excluding hydrogens is 436 g/mol. The predicted molar refractivity (Wildman–Crippen MR) is 134 cm³/mol. The Morgan fingerprint density at radius 1 is 0.875 bits per heavy atom. The number of nitrogens with zero attached hydrogens (tertiary/aromatic N) is 3. The molecule has 0 aliphatic heterocycles. The van der Waals surface area contributed by atoms with Gasteiger partial charge in [0.2, 0.25) is 5.95 Å². The predicted octanol–water partition coefficient (Wildman–Crippen LogP) is 5.89. The van der Waals surface area contributed by atoms with Crippen LogP contribution in [-0.2, 0) is 6.54 Å². The summed E-state index contributed by atoms with van der Waals surface area (Å²) in [7, 11) is 0. The molecule has 0 amide bonds. The summed E-state index contributed by atoms with van der Waals surface area (Å²) in [6.07, 6.45) is 0. The van der Waals surface area contributed by atoms with Gasteiger partial charge in [-0.1, -0.05) is 72.0 Å². The third kappa shape index (κ3) is 3.66. The molecule has 5 rings (SSSR count). The second kappa shape index (κ2) is 8.53. The zero-order chi connectivity index (χ0) is 22.1. The fourth-order valence-corrected chi connectivity index (χ4v) is 4.98. The lowest BCUT2D eigenvalue weighted by atomic mass is 10.1. The number of aryl methyl sites for hydroxylation is 1. The van der Waals surface area contributed by atoms with E-state index in [2.05, 4.69) is 24.4 Å². The number of aromatic nitrogens is 3. The molecule has 0 atom stereocenters. The SMILES string of the molecule is Cc1ccccc1CNc1nc2c(sc(=S)n2-c2ccccc2)c(=O)n1-c1ccccc1. The minimum absolute atomic E-state index is 0.140. The Morgan fingerprint density at radius 3 is 2.12 bits per heavy atom. The first-order valence-corrected chi connectivity index (χ1v) is 11.4. The maximum Gasteiger partial charge on any atom is 0.279 e. The Morgan fingerprint density at radius 2 is 1.47 bits per heavy atom. The van der Waals surface area contributed by atoms with Crippen LogP contribution in [0.4, 0.5) is 5.95 Å². The number of nitrogens with one attached hydrogen (secondary N) is 1. The molecule has 0 bridgehead atoms. The standard InChI is InChI=1S/C25H20N4OS2/c1-17-10-8-9-11-18(17)16-26-24-27-22-21(23(30)29(24)20-14-6-3-7-15-20)32-25(31)28(22)19-12-4-2-5-13-19/h2-15H,16H2,1H3,(H,26,27). The fourth-order valence-electron chi connectivity index (χ4n) is 3.68. The third-order valence-corrected chi connectivity index (χ3v) is 6.69. The lowest BCUT2D eigenvalue weighted by Gasteiger charge is -2.15. The van der Waals surface area contributed by atoms with Crippen LogP contribution in [-0.4, -0.2) is 14.1 Å². The highest BCUT2D eigenvalue weighted by molar-refractivity contribution is 7.73. The lowest BCUT2D eigenvalue weighted by Crippen LogP contribution is -2.23. The summed E-state index contributed by atoms with van der Waals surface area (Å²) in [6.45, 7) is 2.62. The van der Waals surface area contributed by atoms with E-state index in [0.717, 1.165) is 16.9 Å². The van der Waals surface area contributed by atoms with Gasteiger partial charge in [0.1, 0.15) is 4.70 Å². The molecule has 0 saturated heterocycles. The van der Waals surface area contributed by atoms with E-state index in [-0.39, 0.29) is 5.56 Å². The molecule has 0 spiro atoms. The van der Waals surface area contributed by atoms with Crippen molar-refractivity contribution in [2.45, 2.75) is 13.5 Å². The first-order valence-electron chi connectivity index (χ1n) is 10.2. The highest BCUT2D eigenvalue weighted by Crippen LogP contribution is 2.26. The van der Waals surface area contributed by atoms with Crippen molar-refractivity contribution in [2.24, 2.45) is 0 Å². The largest absolute Gasteiger partial charge is 0.351 e. The topological polar surface area (TPSA) is 51.9 Å². The summed E-state index contributed by atoms with van der Waals surface area (Å²) in [5.74, 6) is 0.481. The van der Waals surface area contributed by atoms with E-state index in [1.54, 1.807) is 4.57 Å². The highest BCUT2D eigenvalue weighted by atomic mass is 32.1. The minimum atomic E-state index is -0.140. The van der Waals surface area contributed by atoms with Crippen molar-refractivity contribution in [1.82, 2.24) is 14.1 Å². The van der Waals surface area contributed by atoms with Crippen LogP contribution in [0.25, 0.3) is 21.7 Å².